The normalized spacial score (nSPS) is 15.3. The SMILES string of the molecule is Fc1cnc(-c2ccc3oc4ncccc4c3c2)cc1CC1CCCC1. The smallest absolute Gasteiger partial charge is 0.227 e. The summed E-state index contributed by atoms with van der Waals surface area (Å²) in [5.41, 5.74) is 3.99. The van der Waals surface area contributed by atoms with Gasteiger partial charge in [0.25, 0.3) is 0 Å². The highest BCUT2D eigenvalue weighted by Gasteiger charge is 2.18. The summed E-state index contributed by atoms with van der Waals surface area (Å²) in [6.45, 7) is 0. The Morgan fingerprint density at radius 3 is 2.81 bits per heavy atom. The van der Waals surface area contributed by atoms with Crippen molar-refractivity contribution in [2.45, 2.75) is 32.1 Å². The fraction of sp³-hybridized carbons (Fsp3) is 0.273. The average Bonchev–Trinajstić information content (AvgIpc) is 3.30. The van der Waals surface area contributed by atoms with Gasteiger partial charge >= 0.3 is 0 Å². The van der Waals surface area contributed by atoms with Crippen molar-refractivity contribution in [2.24, 2.45) is 5.92 Å². The standard InChI is InChI=1S/C22H19FN2O/c23-19-13-25-20(12-16(19)10-14-4-1-2-5-14)15-7-8-21-18(11-15)17-6-3-9-24-22(17)26-21/h3,6-9,11-14H,1-2,4-5,10H2. The molecule has 1 fully saturated rings. The van der Waals surface area contributed by atoms with Gasteiger partial charge < -0.3 is 4.42 Å². The van der Waals surface area contributed by atoms with Gasteiger partial charge in [0.2, 0.25) is 5.71 Å². The monoisotopic (exact) mass is 346 g/mol. The lowest BCUT2D eigenvalue weighted by Crippen LogP contribution is -2.02. The summed E-state index contributed by atoms with van der Waals surface area (Å²) >= 11 is 0. The van der Waals surface area contributed by atoms with E-state index in [2.05, 4.69) is 16.0 Å². The summed E-state index contributed by atoms with van der Waals surface area (Å²) < 4.78 is 20.0. The van der Waals surface area contributed by atoms with Crippen LogP contribution in [0.25, 0.3) is 33.3 Å². The largest absolute Gasteiger partial charge is 0.438 e. The Morgan fingerprint density at radius 1 is 1.04 bits per heavy atom. The molecule has 3 nitrogen and oxygen atoms in total. The van der Waals surface area contributed by atoms with Gasteiger partial charge in [-0.15, -0.1) is 0 Å². The highest BCUT2D eigenvalue weighted by Crippen LogP contribution is 2.33. The zero-order valence-corrected chi connectivity index (χ0v) is 14.4. The first-order chi connectivity index (χ1) is 12.8. The minimum Gasteiger partial charge on any atom is -0.438 e. The first kappa shape index (κ1) is 15.5. The fourth-order valence-corrected chi connectivity index (χ4v) is 4.09. The number of halogens is 1. The molecular weight excluding hydrogens is 327 g/mol. The molecule has 130 valence electrons. The van der Waals surface area contributed by atoms with Crippen LogP contribution in [0.4, 0.5) is 4.39 Å². The number of pyridine rings is 2. The van der Waals surface area contributed by atoms with E-state index in [-0.39, 0.29) is 5.82 Å². The molecule has 1 saturated carbocycles. The van der Waals surface area contributed by atoms with Crippen molar-refractivity contribution >= 4 is 22.1 Å². The number of hydrogen-bond acceptors (Lipinski definition) is 3. The van der Waals surface area contributed by atoms with Gasteiger partial charge in [0.15, 0.2) is 0 Å². The van der Waals surface area contributed by atoms with Gasteiger partial charge in [-0.1, -0.05) is 25.7 Å². The molecule has 0 spiro atoms. The second-order valence-electron chi connectivity index (χ2n) is 7.18. The third-order valence-corrected chi connectivity index (χ3v) is 5.46. The van der Waals surface area contributed by atoms with Crippen LogP contribution in [-0.4, -0.2) is 9.97 Å². The van der Waals surface area contributed by atoms with Crippen LogP contribution in [-0.2, 0) is 6.42 Å². The molecule has 0 amide bonds. The molecule has 0 saturated heterocycles. The first-order valence-corrected chi connectivity index (χ1v) is 9.20. The van der Waals surface area contributed by atoms with E-state index in [1.807, 2.05) is 30.3 Å². The number of fused-ring (bicyclic) bond motifs is 3. The Morgan fingerprint density at radius 2 is 1.92 bits per heavy atom. The Labute approximate surface area is 150 Å². The average molecular weight is 346 g/mol. The molecule has 0 bridgehead atoms. The van der Waals surface area contributed by atoms with E-state index in [0.29, 0.717) is 11.6 Å². The van der Waals surface area contributed by atoms with Crippen LogP contribution in [0.2, 0.25) is 0 Å². The number of benzene rings is 1. The molecule has 3 heterocycles. The van der Waals surface area contributed by atoms with Crippen LogP contribution < -0.4 is 0 Å². The van der Waals surface area contributed by atoms with E-state index in [0.717, 1.165) is 39.6 Å². The van der Waals surface area contributed by atoms with Crippen molar-refractivity contribution in [2.75, 3.05) is 0 Å². The van der Waals surface area contributed by atoms with Gasteiger partial charge in [-0.3, -0.25) is 4.98 Å². The van der Waals surface area contributed by atoms with Crippen LogP contribution in [0.5, 0.6) is 0 Å². The summed E-state index contributed by atoms with van der Waals surface area (Å²) in [6.07, 6.45) is 8.84. The fourth-order valence-electron chi connectivity index (χ4n) is 4.09. The van der Waals surface area contributed by atoms with Crippen LogP contribution in [0.15, 0.2) is 53.2 Å². The molecule has 4 aromatic rings. The number of aromatic nitrogens is 2. The molecule has 0 N–H and O–H groups in total. The van der Waals surface area contributed by atoms with Gasteiger partial charge in [0.1, 0.15) is 11.4 Å². The topological polar surface area (TPSA) is 38.9 Å². The van der Waals surface area contributed by atoms with Gasteiger partial charge in [-0.05, 0) is 54.3 Å². The van der Waals surface area contributed by atoms with Crippen molar-refractivity contribution in [1.82, 2.24) is 9.97 Å². The Hall–Kier alpha value is -2.75. The summed E-state index contributed by atoms with van der Waals surface area (Å²) in [6, 6.07) is 11.8. The van der Waals surface area contributed by atoms with Crippen molar-refractivity contribution < 1.29 is 8.81 Å². The molecule has 4 heteroatoms. The van der Waals surface area contributed by atoms with Crippen molar-refractivity contribution in [3.05, 3.63) is 60.2 Å². The van der Waals surface area contributed by atoms with Gasteiger partial charge in [-0.2, -0.15) is 0 Å². The second-order valence-corrected chi connectivity index (χ2v) is 7.18. The molecule has 3 aromatic heterocycles. The van der Waals surface area contributed by atoms with Crippen LogP contribution in [0.3, 0.4) is 0 Å². The number of hydrogen-bond donors (Lipinski definition) is 0. The third kappa shape index (κ3) is 2.66. The lowest BCUT2D eigenvalue weighted by molar-refractivity contribution is 0.519. The van der Waals surface area contributed by atoms with Gasteiger partial charge in [-0.25, -0.2) is 9.37 Å². The predicted octanol–water partition coefficient (Wildman–Crippen LogP) is 5.91. The lowest BCUT2D eigenvalue weighted by Gasteiger charge is -2.11. The van der Waals surface area contributed by atoms with Gasteiger partial charge in [0, 0.05) is 22.5 Å². The van der Waals surface area contributed by atoms with E-state index in [4.69, 9.17) is 4.42 Å². The van der Waals surface area contributed by atoms with Crippen LogP contribution in [0.1, 0.15) is 31.2 Å². The predicted molar refractivity (Wildman–Crippen MR) is 100 cm³/mol. The van der Waals surface area contributed by atoms with Crippen LogP contribution in [0, 0.1) is 11.7 Å². The quantitative estimate of drug-likeness (QED) is 0.462. The Bertz CT molecular complexity index is 1100. The van der Waals surface area contributed by atoms with Crippen molar-refractivity contribution in [3.8, 4) is 11.3 Å². The molecule has 1 aliphatic rings. The molecule has 0 aliphatic heterocycles. The molecule has 5 rings (SSSR count). The number of furan rings is 1. The lowest BCUT2D eigenvalue weighted by atomic mass is 9.97. The highest BCUT2D eigenvalue weighted by atomic mass is 19.1. The zero-order chi connectivity index (χ0) is 17.5. The first-order valence-electron chi connectivity index (χ1n) is 9.20. The molecule has 1 aliphatic carbocycles. The molecule has 0 atom stereocenters. The Balaban J connectivity index is 1.57. The van der Waals surface area contributed by atoms with Crippen molar-refractivity contribution in [1.29, 1.82) is 0 Å². The van der Waals surface area contributed by atoms with Crippen LogP contribution >= 0.6 is 0 Å². The summed E-state index contributed by atoms with van der Waals surface area (Å²) in [7, 11) is 0. The maximum absolute atomic E-state index is 14.3. The van der Waals surface area contributed by atoms with E-state index in [1.54, 1.807) is 6.20 Å². The maximum atomic E-state index is 14.3. The number of rotatable bonds is 3. The molecule has 26 heavy (non-hydrogen) atoms. The molecular formula is C22H19FN2O. The minimum absolute atomic E-state index is 0.195. The summed E-state index contributed by atoms with van der Waals surface area (Å²) in [4.78, 5) is 8.61. The molecule has 1 aromatic carbocycles. The zero-order valence-electron chi connectivity index (χ0n) is 14.4. The molecule has 0 radical (unpaired) electrons. The number of nitrogens with zero attached hydrogens (tertiary/aromatic N) is 2. The maximum Gasteiger partial charge on any atom is 0.227 e. The minimum atomic E-state index is -0.195. The van der Waals surface area contributed by atoms with E-state index >= 15 is 0 Å². The Kier molecular flexibility index (Phi) is 3.70. The van der Waals surface area contributed by atoms with Crippen molar-refractivity contribution in [3.63, 3.8) is 0 Å². The third-order valence-electron chi connectivity index (χ3n) is 5.46. The highest BCUT2D eigenvalue weighted by molar-refractivity contribution is 6.04. The van der Waals surface area contributed by atoms with E-state index in [1.165, 1.54) is 31.9 Å². The summed E-state index contributed by atoms with van der Waals surface area (Å²) in [5.74, 6) is 0.408. The van der Waals surface area contributed by atoms with E-state index < -0.39 is 0 Å². The summed E-state index contributed by atoms with van der Waals surface area (Å²) in [5, 5.41) is 1.99. The van der Waals surface area contributed by atoms with Gasteiger partial charge in [0.05, 0.1) is 11.9 Å². The second kappa shape index (κ2) is 6.20. The molecule has 0 unspecified atom stereocenters. The van der Waals surface area contributed by atoms with E-state index in [9.17, 15) is 4.39 Å².